The summed E-state index contributed by atoms with van der Waals surface area (Å²) >= 11 is 0. The number of imidazole rings is 1. The standard InChI is InChI=1S/C13H24N4/c1-10(2)17-8-4-12(5-9-17)16-11(3)13-14-6-7-15-13/h6-7,10-12,16H,4-5,8-9H2,1-3H3,(H,14,15). The van der Waals surface area contributed by atoms with E-state index in [9.17, 15) is 0 Å². The van der Waals surface area contributed by atoms with Gasteiger partial charge in [-0.05, 0) is 46.7 Å². The summed E-state index contributed by atoms with van der Waals surface area (Å²) in [5.74, 6) is 1.04. The second kappa shape index (κ2) is 5.65. The van der Waals surface area contributed by atoms with Crippen molar-refractivity contribution in [1.29, 1.82) is 0 Å². The number of nitrogens with zero attached hydrogens (tertiary/aromatic N) is 2. The van der Waals surface area contributed by atoms with E-state index in [0.29, 0.717) is 18.1 Å². The van der Waals surface area contributed by atoms with Crippen molar-refractivity contribution in [1.82, 2.24) is 20.2 Å². The van der Waals surface area contributed by atoms with E-state index in [1.54, 1.807) is 0 Å². The first-order chi connectivity index (χ1) is 8.16. The number of aromatic amines is 1. The molecule has 4 heteroatoms. The molecule has 1 aromatic heterocycles. The van der Waals surface area contributed by atoms with Crippen molar-refractivity contribution in [3.8, 4) is 0 Å². The van der Waals surface area contributed by atoms with Crippen molar-refractivity contribution in [3.63, 3.8) is 0 Å². The van der Waals surface area contributed by atoms with Crippen LogP contribution >= 0.6 is 0 Å². The molecular weight excluding hydrogens is 212 g/mol. The molecule has 0 aliphatic carbocycles. The van der Waals surface area contributed by atoms with Crippen molar-refractivity contribution in [2.24, 2.45) is 0 Å². The molecule has 0 bridgehead atoms. The van der Waals surface area contributed by atoms with Crippen molar-refractivity contribution < 1.29 is 0 Å². The van der Waals surface area contributed by atoms with Gasteiger partial charge in [-0.3, -0.25) is 0 Å². The van der Waals surface area contributed by atoms with Gasteiger partial charge in [0.15, 0.2) is 0 Å². The van der Waals surface area contributed by atoms with Gasteiger partial charge in [-0.1, -0.05) is 0 Å². The fourth-order valence-electron chi connectivity index (χ4n) is 2.53. The predicted molar refractivity (Wildman–Crippen MR) is 69.9 cm³/mol. The Bertz CT molecular complexity index is 312. The van der Waals surface area contributed by atoms with Gasteiger partial charge >= 0.3 is 0 Å². The van der Waals surface area contributed by atoms with E-state index >= 15 is 0 Å². The fourth-order valence-corrected chi connectivity index (χ4v) is 2.53. The van der Waals surface area contributed by atoms with Crippen LogP contribution in [0.4, 0.5) is 0 Å². The Morgan fingerprint density at radius 3 is 2.59 bits per heavy atom. The number of rotatable bonds is 4. The van der Waals surface area contributed by atoms with Gasteiger partial charge in [0.05, 0.1) is 6.04 Å². The van der Waals surface area contributed by atoms with Crippen LogP contribution < -0.4 is 5.32 Å². The molecule has 1 aromatic rings. The molecule has 1 unspecified atom stereocenters. The molecule has 1 aliphatic heterocycles. The monoisotopic (exact) mass is 236 g/mol. The first kappa shape index (κ1) is 12.6. The van der Waals surface area contributed by atoms with Crippen LogP contribution in [0.15, 0.2) is 12.4 Å². The topological polar surface area (TPSA) is 44.0 Å². The van der Waals surface area contributed by atoms with Crippen LogP contribution in [0.1, 0.15) is 45.5 Å². The number of H-pyrrole nitrogens is 1. The van der Waals surface area contributed by atoms with Crippen LogP contribution in [0.2, 0.25) is 0 Å². The molecule has 0 amide bonds. The third-order valence-corrected chi connectivity index (χ3v) is 3.68. The van der Waals surface area contributed by atoms with Gasteiger partial charge in [0.1, 0.15) is 5.82 Å². The maximum absolute atomic E-state index is 4.30. The number of hydrogen-bond acceptors (Lipinski definition) is 3. The second-order valence-electron chi connectivity index (χ2n) is 5.27. The molecule has 1 saturated heterocycles. The zero-order valence-electron chi connectivity index (χ0n) is 11.1. The smallest absolute Gasteiger partial charge is 0.122 e. The van der Waals surface area contributed by atoms with E-state index in [4.69, 9.17) is 0 Å². The van der Waals surface area contributed by atoms with Crippen molar-refractivity contribution in [2.45, 2.75) is 51.7 Å². The van der Waals surface area contributed by atoms with Crippen LogP contribution in [0.5, 0.6) is 0 Å². The number of nitrogens with one attached hydrogen (secondary N) is 2. The molecule has 2 rings (SSSR count). The summed E-state index contributed by atoms with van der Waals surface area (Å²) in [4.78, 5) is 10.0. The number of hydrogen-bond donors (Lipinski definition) is 2. The zero-order chi connectivity index (χ0) is 12.3. The first-order valence-electron chi connectivity index (χ1n) is 6.66. The SMILES string of the molecule is CC(NC1CCN(C(C)C)CC1)c1ncc[nH]1. The molecule has 0 aromatic carbocycles. The van der Waals surface area contributed by atoms with Gasteiger partial charge in [-0.15, -0.1) is 0 Å². The van der Waals surface area contributed by atoms with Crippen LogP contribution in [0, 0.1) is 0 Å². The predicted octanol–water partition coefficient (Wildman–Crippen LogP) is 1.93. The second-order valence-corrected chi connectivity index (χ2v) is 5.27. The van der Waals surface area contributed by atoms with Gasteiger partial charge in [-0.2, -0.15) is 0 Å². The van der Waals surface area contributed by atoms with Gasteiger partial charge in [-0.25, -0.2) is 4.98 Å². The molecule has 4 nitrogen and oxygen atoms in total. The summed E-state index contributed by atoms with van der Waals surface area (Å²) in [6, 6.07) is 1.63. The minimum atomic E-state index is 0.320. The molecule has 2 N–H and O–H groups in total. The normalized spacial score (nSPS) is 20.9. The van der Waals surface area contributed by atoms with Crippen LogP contribution in [0.3, 0.4) is 0 Å². The number of aromatic nitrogens is 2. The van der Waals surface area contributed by atoms with Crippen LogP contribution in [0.25, 0.3) is 0 Å². The van der Waals surface area contributed by atoms with E-state index in [1.165, 1.54) is 25.9 Å². The van der Waals surface area contributed by atoms with E-state index in [1.807, 2.05) is 12.4 Å². The summed E-state index contributed by atoms with van der Waals surface area (Å²) in [5.41, 5.74) is 0. The van der Waals surface area contributed by atoms with Crippen molar-refractivity contribution in [2.75, 3.05) is 13.1 Å². The third kappa shape index (κ3) is 3.30. The molecule has 2 heterocycles. The Morgan fingerprint density at radius 2 is 2.06 bits per heavy atom. The number of likely N-dealkylation sites (tertiary alicyclic amines) is 1. The molecule has 1 aliphatic rings. The van der Waals surface area contributed by atoms with E-state index in [2.05, 4.69) is 41.0 Å². The largest absolute Gasteiger partial charge is 0.347 e. The highest BCUT2D eigenvalue weighted by Crippen LogP contribution is 2.16. The lowest BCUT2D eigenvalue weighted by atomic mass is 10.0. The summed E-state index contributed by atoms with van der Waals surface area (Å²) < 4.78 is 0. The Hall–Kier alpha value is -0.870. The minimum Gasteiger partial charge on any atom is -0.347 e. The molecule has 0 radical (unpaired) electrons. The molecule has 0 saturated carbocycles. The Morgan fingerprint density at radius 1 is 1.35 bits per heavy atom. The lowest BCUT2D eigenvalue weighted by Gasteiger charge is -2.35. The molecular formula is C13H24N4. The maximum Gasteiger partial charge on any atom is 0.122 e. The van der Waals surface area contributed by atoms with Gasteiger partial charge in [0.25, 0.3) is 0 Å². The van der Waals surface area contributed by atoms with E-state index in [-0.39, 0.29) is 0 Å². The maximum atomic E-state index is 4.30. The summed E-state index contributed by atoms with van der Waals surface area (Å²) in [6.07, 6.45) is 6.18. The average molecular weight is 236 g/mol. The minimum absolute atomic E-state index is 0.320. The van der Waals surface area contributed by atoms with Crippen LogP contribution in [-0.4, -0.2) is 40.0 Å². The van der Waals surface area contributed by atoms with Crippen molar-refractivity contribution >= 4 is 0 Å². The highest BCUT2D eigenvalue weighted by molar-refractivity contribution is 4.95. The first-order valence-corrected chi connectivity index (χ1v) is 6.66. The summed E-state index contributed by atoms with van der Waals surface area (Å²) in [5, 5.41) is 3.66. The molecule has 17 heavy (non-hydrogen) atoms. The Kier molecular flexibility index (Phi) is 4.18. The lowest BCUT2D eigenvalue weighted by molar-refractivity contribution is 0.157. The van der Waals surface area contributed by atoms with Gasteiger partial charge in [0.2, 0.25) is 0 Å². The van der Waals surface area contributed by atoms with Crippen molar-refractivity contribution in [3.05, 3.63) is 18.2 Å². The third-order valence-electron chi connectivity index (χ3n) is 3.68. The lowest BCUT2D eigenvalue weighted by Crippen LogP contribution is -2.45. The zero-order valence-corrected chi connectivity index (χ0v) is 11.1. The van der Waals surface area contributed by atoms with E-state index in [0.717, 1.165) is 5.82 Å². The quantitative estimate of drug-likeness (QED) is 0.839. The number of piperidine rings is 1. The highest BCUT2D eigenvalue weighted by atomic mass is 15.2. The Labute approximate surface area is 104 Å². The molecule has 96 valence electrons. The summed E-state index contributed by atoms with van der Waals surface area (Å²) in [6.45, 7) is 9.15. The van der Waals surface area contributed by atoms with Gasteiger partial charge in [0, 0.05) is 24.5 Å². The highest BCUT2D eigenvalue weighted by Gasteiger charge is 2.22. The van der Waals surface area contributed by atoms with E-state index < -0.39 is 0 Å². The van der Waals surface area contributed by atoms with Gasteiger partial charge < -0.3 is 15.2 Å². The fraction of sp³-hybridized carbons (Fsp3) is 0.769. The average Bonchev–Trinajstić information content (AvgIpc) is 2.83. The molecule has 0 spiro atoms. The Balaban J connectivity index is 1.78. The molecule has 1 atom stereocenters. The van der Waals surface area contributed by atoms with Crippen LogP contribution in [-0.2, 0) is 0 Å². The summed E-state index contributed by atoms with van der Waals surface area (Å²) in [7, 11) is 0. The molecule has 1 fully saturated rings.